The topological polar surface area (TPSA) is 79.2 Å². The Labute approximate surface area is 123 Å². The van der Waals surface area contributed by atoms with Crippen LogP contribution in [0.3, 0.4) is 0 Å². The van der Waals surface area contributed by atoms with Crippen LogP contribution in [0.4, 0.5) is 5.82 Å². The van der Waals surface area contributed by atoms with E-state index in [1.54, 1.807) is 29.9 Å². The highest BCUT2D eigenvalue weighted by molar-refractivity contribution is 5.86. The molecule has 0 unspecified atom stereocenters. The number of rotatable bonds is 5. The molecule has 0 saturated carbocycles. The maximum Gasteiger partial charge on any atom is 0.236 e. The molecular weight excluding hydrogens is 270 g/mol. The first kappa shape index (κ1) is 15.2. The van der Waals surface area contributed by atoms with Crippen molar-refractivity contribution in [2.45, 2.75) is 6.54 Å². The van der Waals surface area contributed by atoms with Gasteiger partial charge in [-0.15, -0.1) is 0 Å². The fourth-order valence-corrected chi connectivity index (χ4v) is 2.00. The Kier molecular flexibility index (Phi) is 4.37. The van der Waals surface area contributed by atoms with Crippen molar-refractivity contribution in [2.75, 3.05) is 40.1 Å². The van der Waals surface area contributed by atoms with E-state index in [4.69, 9.17) is 0 Å². The minimum atomic E-state index is 0.0490. The van der Waals surface area contributed by atoms with Gasteiger partial charge in [0.25, 0.3) is 0 Å². The summed E-state index contributed by atoms with van der Waals surface area (Å²) in [4.78, 5) is 24.2. The largest absolute Gasteiger partial charge is 0.372 e. The summed E-state index contributed by atoms with van der Waals surface area (Å²) < 4.78 is 1.71. The van der Waals surface area contributed by atoms with Gasteiger partial charge in [0.2, 0.25) is 5.91 Å². The van der Waals surface area contributed by atoms with Crippen molar-refractivity contribution >= 4 is 22.8 Å². The number of aryl methyl sites for hydroxylation is 1. The lowest BCUT2D eigenvalue weighted by atomic mass is 10.3. The third kappa shape index (κ3) is 3.27. The van der Waals surface area contributed by atoms with Crippen molar-refractivity contribution in [2.24, 2.45) is 7.05 Å². The average Bonchev–Trinajstić information content (AvgIpc) is 2.79. The smallest absolute Gasteiger partial charge is 0.236 e. The SMILES string of the molecule is CNc1nc(CN(C)CC(=O)N(C)C)nc2c1cnn2C. The van der Waals surface area contributed by atoms with Crippen molar-refractivity contribution in [1.82, 2.24) is 29.5 Å². The highest BCUT2D eigenvalue weighted by Gasteiger charge is 2.14. The second kappa shape index (κ2) is 6.04. The molecule has 1 amide bonds. The summed E-state index contributed by atoms with van der Waals surface area (Å²) in [7, 11) is 9.02. The molecular formula is C13H21N7O. The van der Waals surface area contributed by atoms with Crippen LogP contribution in [-0.4, -0.2) is 70.2 Å². The lowest BCUT2D eigenvalue weighted by Gasteiger charge is -2.18. The van der Waals surface area contributed by atoms with E-state index < -0.39 is 0 Å². The van der Waals surface area contributed by atoms with Crippen LogP contribution in [0.5, 0.6) is 0 Å². The highest BCUT2D eigenvalue weighted by Crippen LogP contribution is 2.19. The van der Waals surface area contributed by atoms with Crippen LogP contribution in [-0.2, 0) is 18.4 Å². The van der Waals surface area contributed by atoms with Crippen molar-refractivity contribution in [1.29, 1.82) is 0 Å². The summed E-state index contributed by atoms with van der Waals surface area (Å²) in [6.45, 7) is 0.823. The number of carbonyl (C=O) groups excluding carboxylic acids is 1. The Hall–Kier alpha value is -2.22. The minimum absolute atomic E-state index is 0.0490. The Bertz CT molecular complexity index is 649. The van der Waals surface area contributed by atoms with Crippen LogP contribution >= 0.6 is 0 Å². The first-order valence-corrected chi connectivity index (χ1v) is 6.67. The fourth-order valence-electron chi connectivity index (χ4n) is 2.00. The van der Waals surface area contributed by atoms with Gasteiger partial charge in [0, 0.05) is 28.2 Å². The number of anilines is 1. The fraction of sp³-hybridized carbons (Fsp3) is 0.538. The normalized spacial score (nSPS) is 11.1. The second-order valence-electron chi connectivity index (χ2n) is 5.20. The first-order valence-electron chi connectivity index (χ1n) is 6.67. The van der Waals surface area contributed by atoms with Crippen LogP contribution in [0.1, 0.15) is 5.82 Å². The first-order chi connectivity index (χ1) is 9.92. The molecule has 0 saturated heterocycles. The van der Waals surface area contributed by atoms with E-state index in [9.17, 15) is 4.79 Å². The molecule has 0 atom stereocenters. The van der Waals surface area contributed by atoms with E-state index in [1.807, 2.05) is 26.0 Å². The van der Waals surface area contributed by atoms with Gasteiger partial charge in [-0.1, -0.05) is 0 Å². The molecule has 0 aliphatic heterocycles. The van der Waals surface area contributed by atoms with Crippen LogP contribution in [0, 0.1) is 0 Å². The number of carbonyl (C=O) groups is 1. The molecule has 2 aromatic heterocycles. The second-order valence-corrected chi connectivity index (χ2v) is 5.20. The molecule has 0 aliphatic rings. The predicted molar refractivity (Wildman–Crippen MR) is 80.9 cm³/mol. The number of amides is 1. The molecule has 21 heavy (non-hydrogen) atoms. The Morgan fingerprint density at radius 2 is 2.05 bits per heavy atom. The minimum Gasteiger partial charge on any atom is -0.372 e. The number of hydrogen-bond acceptors (Lipinski definition) is 6. The summed E-state index contributed by atoms with van der Waals surface area (Å²) in [5.41, 5.74) is 0.775. The summed E-state index contributed by atoms with van der Waals surface area (Å²) in [6, 6.07) is 0. The molecule has 114 valence electrons. The van der Waals surface area contributed by atoms with E-state index in [2.05, 4.69) is 20.4 Å². The Morgan fingerprint density at radius 3 is 2.67 bits per heavy atom. The molecule has 8 heteroatoms. The molecule has 0 radical (unpaired) electrons. The van der Waals surface area contributed by atoms with Crippen LogP contribution < -0.4 is 5.32 Å². The third-order valence-corrected chi connectivity index (χ3v) is 3.19. The number of fused-ring (bicyclic) bond motifs is 1. The van der Waals surface area contributed by atoms with E-state index in [0.717, 1.165) is 16.9 Å². The lowest BCUT2D eigenvalue weighted by Crippen LogP contribution is -2.34. The van der Waals surface area contributed by atoms with Crippen LogP contribution in [0.25, 0.3) is 11.0 Å². The van der Waals surface area contributed by atoms with Gasteiger partial charge in [-0.3, -0.25) is 14.4 Å². The number of nitrogens with one attached hydrogen (secondary N) is 1. The van der Waals surface area contributed by atoms with Crippen molar-refractivity contribution in [3.8, 4) is 0 Å². The number of aromatic nitrogens is 4. The van der Waals surface area contributed by atoms with Crippen LogP contribution in [0.2, 0.25) is 0 Å². The van der Waals surface area contributed by atoms with Crippen molar-refractivity contribution < 1.29 is 4.79 Å². The average molecular weight is 291 g/mol. The monoisotopic (exact) mass is 291 g/mol. The molecule has 2 rings (SSSR count). The zero-order valence-corrected chi connectivity index (χ0v) is 13.1. The molecule has 0 aliphatic carbocycles. The van der Waals surface area contributed by atoms with Gasteiger partial charge in [-0.25, -0.2) is 9.97 Å². The number of likely N-dealkylation sites (N-methyl/N-ethyl adjacent to an activating group) is 2. The summed E-state index contributed by atoms with van der Waals surface area (Å²) in [5.74, 6) is 1.45. The summed E-state index contributed by atoms with van der Waals surface area (Å²) >= 11 is 0. The van der Waals surface area contributed by atoms with Gasteiger partial charge < -0.3 is 10.2 Å². The van der Waals surface area contributed by atoms with Crippen molar-refractivity contribution in [3.63, 3.8) is 0 Å². The Morgan fingerprint density at radius 1 is 1.33 bits per heavy atom. The predicted octanol–water partition coefficient (Wildman–Crippen LogP) is -0.0750. The Balaban J connectivity index is 2.22. The van der Waals surface area contributed by atoms with Gasteiger partial charge in [-0.2, -0.15) is 5.10 Å². The molecule has 0 fully saturated rings. The maximum absolute atomic E-state index is 11.7. The molecule has 0 aromatic carbocycles. The van der Waals surface area contributed by atoms with Gasteiger partial charge in [0.1, 0.15) is 11.6 Å². The highest BCUT2D eigenvalue weighted by atomic mass is 16.2. The summed E-state index contributed by atoms with van der Waals surface area (Å²) in [6.07, 6.45) is 1.74. The van der Waals surface area contributed by atoms with Gasteiger partial charge in [0.05, 0.1) is 24.7 Å². The molecule has 1 N–H and O–H groups in total. The van der Waals surface area contributed by atoms with Crippen LogP contribution in [0.15, 0.2) is 6.20 Å². The summed E-state index contributed by atoms with van der Waals surface area (Å²) in [5, 5.41) is 8.14. The lowest BCUT2D eigenvalue weighted by molar-refractivity contribution is -0.129. The number of hydrogen-bond donors (Lipinski definition) is 1. The maximum atomic E-state index is 11.7. The molecule has 2 aromatic rings. The van der Waals surface area contributed by atoms with E-state index in [1.165, 1.54) is 0 Å². The van der Waals surface area contributed by atoms with Crippen molar-refractivity contribution in [3.05, 3.63) is 12.0 Å². The van der Waals surface area contributed by atoms with Gasteiger partial charge in [0.15, 0.2) is 5.65 Å². The quantitative estimate of drug-likeness (QED) is 0.830. The zero-order chi connectivity index (χ0) is 15.6. The van der Waals surface area contributed by atoms with Gasteiger partial charge >= 0.3 is 0 Å². The zero-order valence-electron chi connectivity index (χ0n) is 13.1. The third-order valence-electron chi connectivity index (χ3n) is 3.19. The molecule has 2 heterocycles. The van der Waals surface area contributed by atoms with E-state index in [-0.39, 0.29) is 5.91 Å². The van der Waals surface area contributed by atoms with E-state index in [0.29, 0.717) is 18.9 Å². The molecule has 8 nitrogen and oxygen atoms in total. The molecule has 0 spiro atoms. The number of nitrogens with zero attached hydrogens (tertiary/aromatic N) is 6. The molecule has 0 bridgehead atoms. The van der Waals surface area contributed by atoms with E-state index >= 15 is 0 Å². The van der Waals surface area contributed by atoms with Gasteiger partial charge in [-0.05, 0) is 7.05 Å². The standard InChI is InChI=1S/C13H21N7O/c1-14-12-9-6-15-20(5)13(9)17-10(16-12)7-19(4)8-11(21)18(2)3/h6H,7-8H2,1-5H3,(H,14,16,17).